The maximum Gasteiger partial charge on any atom is 0.126 e. The number of fused-ring (bicyclic) bond motifs is 2. The molecule has 0 aliphatic heterocycles. The number of carbonyl (C=O) groups is 1. The van der Waals surface area contributed by atoms with Crippen molar-refractivity contribution in [1.29, 1.82) is 0 Å². The summed E-state index contributed by atoms with van der Waals surface area (Å²) in [4.78, 5) is 10.7. The Balaban J connectivity index is 2.30. The van der Waals surface area contributed by atoms with Crippen molar-refractivity contribution in [3.05, 3.63) is 12.2 Å². The third kappa shape index (κ3) is 0.606. The second-order valence-corrected chi connectivity index (χ2v) is 3.81. The van der Waals surface area contributed by atoms with E-state index in [1.165, 1.54) is 6.42 Å². The Labute approximate surface area is 61.1 Å². The van der Waals surface area contributed by atoms with Crippen LogP contribution in [0.1, 0.15) is 19.8 Å². The van der Waals surface area contributed by atoms with Gasteiger partial charge in [-0.2, -0.15) is 0 Å². The van der Waals surface area contributed by atoms with E-state index in [1.807, 2.05) is 0 Å². The molecule has 0 aromatic rings. The predicted octanol–water partition coefficient (Wildman–Crippen LogP) is 1.79. The first-order chi connectivity index (χ1) is 4.74. The largest absolute Gasteiger partial charge is 0.303 e. The molecule has 54 valence electrons. The normalized spacial score (nSPS) is 50.1. The van der Waals surface area contributed by atoms with Gasteiger partial charge in [0.2, 0.25) is 0 Å². The summed E-state index contributed by atoms with van der Waals surface area (Å²) in [6.07, 6.45) is 7.91. The highest BCUT2D eigenvalue weighted by Gasteiger charge is 2.44. The van der Waals surface area contributed by atoms with Gasteiger partial charge in [-0.3, -0.25) is 0 Å². The first-order valence-electron chi connectivity index (χ1n) is 3.89. The van der Waals surface area contributed by atoms with Gasteiger partial charge in [0, 0.05) is 5.41 Å². The fourth-order valence-corrected chi connectivity index (χ4v) is 2.27. The van der Waals surface area contributed by atoms with E-state index in [2.05, 4.69) is 19.1 Å². The number of hydrogen-bond donors (Lipinski definition) is 0. The first-order valence-corrected chi connectivity index (χ1v) is 3.89. The average Bonchev–Trinajstić information content (AvgIpc) is 2.46. The zero-order valence-corrected chi connectivity index (χ0v) is 6.21. The van der Waals surface area contributed by atoms with E-state index in [4.69, 9.17) is 0 Å². The van der Waals surface area contributed by atoms with Crippen molar-refractivity contribution < 1.29 is 4.79 Å². The third-order valence-electron chi connectivity index (χ3n) is 2.99. The molecule has 3 atom stereocenters. The fraction of sp³-hybridized carbons (Fsp3) is 0.667. The van der Waals surface area contributed by atoms with Crippen LogP contribution in [0, 0.1) is 17.3 Å². The molecule has 1 fully saturated rings. The zero-order valence-electron chi connectivity index (χ0n) is 6.21. The Bertz CT molecular complexity index is 195. The smallest absolute Gasteiger partial charge is 0.126 e. The van der Waals surface area contributed by atoms with Gasteiger partial charge in [0.25, 0.3) is 0 Å². The first kappa shape index (κ1) is 6.14. The second-order valence-electron chi connectivity index (χ2n) is 3.81. The molecule has 2 aliphatic carbocycles. The number of rotatable bonds is 1. The van der Waals surface area contributed by atoms with Crippen molar-refractivity contribution in [2.75, 3.05) is 0 Å². The second kappa shape index (κ2) is 1.71. The minimum Gasteiger partial charge on any atom is -0.303 e. The number of carbonyl (C=O) groups excluding carboxylic acids is 1. The number of hydrogen-bond acceptors (Lipinski definition) is 1. The van der Waals surface area contributed by atoms with Gasteiger partial charge in [-0.15, -0.1) is 0 Å². The van der Waals surface area contributed by atoms with E-state index >= 15 is 0 Å². The summed E-state index contributed by atoms with van der Waals surface area (Å²) in [5, 5.41) is 0. The molecule has 0 aromatic heterocycles. The summed E-state index contributed by atoms with van der Waals surface area (Å²) in [5.41, 5.74) is -0.0145. The van der Waals surface area contributed by atoms with Crippen LogP contribution in [0.25, 0.3) is 0 Å². The van der Waals surface area contributed by atoms with Crippen LogP contribution in [0.15, 0.2) is 12.2 Å². The van der Waals surface area contributed by atoms with Crippen molar-refractivity contribution in [2.45, 2.75) is 19.8 Å². The van der Waals surface area contributed by atoms with Crippen molar-refractivity contribution >= 4 is 6.29 Å². The van der Waals surface area contributed by atoms with Crippen LogP contribution in [0.4, 0.5) is 0 Å². The Morgan fingerprint density at radius 1 is 1.60 bits per heavy atom. The summed E-state index contributed by atoms with van der Waals surface area (Å²) in [6.45, 7) is 2.08. The van der Waals surface area contributed by atoms with E-state index in [1.54, 1.807) is 0 Å². The zero-order chi connectivity index (χ0) is 7.19. The maximum atomic E-state index is 10.7. The van der Waals surface area contributed by atoms with Crippen LogP contribution in [0.5, 0.6) is 0 Å². The molecule has 2 bridgehead atoms. The summed E-state index contributed by atoms with van der Waals surface area (Å²) in [6, 6.07) is 0. The Morgan fingerprint density at radius 3 is 2.70 bits per heavy atom. The lowest BCUT2D eigenvalue weighted by molar-refractivity contribution is -0.116. The van der Waals surface area contributed by atoms with Gasteiger partial charge in [0.15, 0.2) is 0 Å². The van der Waals surface area contributed by atoms with E-state index in [0.29, 0.717) is 11.8 Å². The summed E-state index contributed by atoms with van der Waals surface area (Å²) in [5.74, 6) is 1.26. The molecule has 10 heavy (non-hydrogen) atoms. The highest BCUT2D eigenvalue weighted by atomic mass is 16.1. The topological polar surface area (TPSA) is 17.1 Å². The summed E-state index contributed by atoms with van der Waals surface area (Å²) in [7, 11) is 0. The van der Waals surface area contributed by atoms with Crippen LogP contribution in [-0.4, -0.2) is 6.29 Å². The lowest BCUT2D eigenvalue weighted by atomic mass is 9.79. The average molecular weight is 136 g/mol. The lowest BCUT2D eigenvalue weighted by Gasteiger charge is -2.23. The minimum absolute atomic E-state index is 0.0145. The SMILES string of the molecule is CC1(C=O)C[C@H]2C=CC1C2. The molecule has 0 N–H and O–H groups in total. The summed E-state index contributed by atoms with van der Waals surface area (Å²) >= 11 is 0. The van der Waals surface area contributed by atoms with E-state index in [-0.39, 0.29) is 5.41 Å². The predicted molar refractivity (Wildman–Crippen MR) is 39.5 cm³/mol. The van der Waals surface area contributed by atoms with Gasteiger partial charge in [0.05, 0.1) is 0 Å². The van der Waals surface area contributed by atoms with E-state index < -0.39 is 0 Å². The molecule has 0 amide bonds. The monoisotopic (exact) mass is 136 g/mol. The number of aldehydes is 1. The van der Waals surface area contributed by atoms with E-state index in [0.717, 1.165) is 12.7 Å². The van der Waals surface area contributed by atoms with Crippen LogP contribution < -0.4 is 0 Å². The van der Waals surface area contributed by atoms with Gasteiger partial charge in [0.1, 0.15) is 6.29 Å². The Hall–Kier alpha value is -0.590. The van der Waals surface area contributed by atoms with Gasteiger partial charge in [-0.05, 0) is 24.7 Å². The lowest BCUT2D eigenvalue weighted by Crippen LogP contribution is -2.22. The molecule has 1 heteroatoms. The standard InChI is InChI=1S/C9H12O/c1-9(6-10)5-7-2-3-8(9)4-7/h2-3,6-8H,4-5H2,1H3/t7-,8?,9?/m0/s1. The van der Waals surface area contributed by atoms with E-state index in [9.17, 15) is 4.79 Å². The Kier molecular flexibility index (Phi) is 1.05. The van der Waals surface area contributed by atoms with Gasteiger partial charge in [-0.25, -0.2) is 0 Å². The minimum atomic E-state index is -0.0145. The van der Waals surface area contributed by atoms with Crippen LogP contribution >= 0.6 is 0 Å². The van der Waals surface area contributed by atoms with Crippen LogP contribution in [0.2, 0.25) is 0 Å². The molecule has 0 aromatic carbocycles. The fourth-order valence-electron chi connectivity index (χ4n) is 2.27. The molecule has 2 rings (SSSR count). The number of allylic oxidation sites excluding steroid dienone is 2. The highest BCUT2D eigenvalue weighted by molar-refractivity contribution is 5.61. The summed E-state index contributed by atoms with van der Waals surface area (Å²) < 4.78 is 0. The van der Waals surface area contributed by atoms with Gasteiger partial charge in [-0.1, -0.05) is 19.1 Å². The van der Waals surface area contributed by atoms with Gasteiger partial charge >= 0.3 is 0 Å². The van der Waals surface area contributed by atoms with Crippen molar-refractivity contribution in [2.24, 2.45) is 17.3 Å². The molecule has 2 unspecified atom stereocenters. The molecule has 1 nitrogen and oxygen atoms in total. The quantitative estimate of drug-likeness (QED) is 0.396. The molecule has 2 aliphatic rings. The third-order valence-corrected chi connectivity index (χ3v) is 2.99. The van der Waals surface area contributed by atoms with Crippen LogP contribution in [-0.2, 0) is 4.79 Å². The molecule has 0 heterocycles. The van der Waals surface area contributed by atoms with Crippen molar-refractivity contribution in [1.82, 2.24) is 0 Å². The van der Waals surface area contributed by atoms with Crippen molar-refractivity contribution in [3.8, 4) is 0 Å². The van der Waals surface area contributed by atoms with Crippen LogP contribution in [0.3, 0.4) is 0 Å². The molecular weight excluding hydrogens is 124 g/mol. The molecule has 0 spiro atoms. The Morgan fingerprint density at radius 2 is 2.40 bits per heavy atom. The molecule has 1 saturated carbocycles. The van der Waals surface area contributed by atoms with Gasteiger partial charge < -0.3 is 4.79 Å². The molecule has 0 radical (unpaired) electrons. The molecular formula is C9H12O. The maximum absolute atomic E-state index is 10.7. The highest BCUT2D eigenvalue weighted by Crippen LogP contribution is 2.50. The van der Waals surface area contributed by atoms with Crippen molar-refractivity contribution in [3.63, 3.8) is 0 Å². The molecule has 0 saturated heterocycles.